The van der Waals surface area contributed by atoms with Crippen LogP contribution in [0, 0.1) is 0 Å². The Kier molecular flexibility index (Phi) is 3.87. The molecule has 1 aromatic rings. The fourth-order valence-electron chi connectivity index (χ4n) is 2.27. The van der Waals surface area contributed by atoms with Crippen molar-refractivity contribution >= 4 is 18.3 Å². The summed E-state index contributed by atoms with van der Waals surface area (Å²) in [4.78, 5) is 11.9. The van der Waals surface area contributed by atoms with Crippen LogP contribution in [0.4, 0.5) is 0 Å². The molecule has 1 saturated carbocycles. The summed E-state index contributed by atoms with van der Waals surface area (Å²) in [6.45, 7) is 0.658. The number of hydrogen-bond donors (Lipinski definition) is 2. The third-order valence-electron chi connectivity index (χ3n) is 3.62. The number of hydrogen-bond acceptors (Lipinski definition) is 4. The topological polar surface area (TPSA) is 73.6 Å². The molecule has 1 fully saturated rings. The molecule has 0 saturated heterocycles. The molecule has 1 aliphatic carbocycles. The Labute approximate surface area is 117 Å². The van der Waals surface area contributed by atoms with E-state index < -0.39 is 5.54 Å². The van der Waals surface area contributed by atoms with Crippen molar-refractivity contribution in [2.24, 2.45) is 5.73 Å². The fourth-order valence-corrected chi connectivity index (χ4v) is 2.27. The standard InChI is InChI=1S/C13H16N2O3.ClH/c14-13(5-2-6-13)12(16)15-7-9-3-1-4-10-11(9)18-8-17-10;/h1,3-4H,2,5-8,14H2,(H,15,16);1H. The summed E-state index contributed by atoms with van der Waals surface area (Å²) in [6.07, 6.45) is 2.57. The molecule has 1 amide bonds. The molecule has 1 aliphatic heterocycles. The lowest BCUT2D eigenvalue weighted by molar-refractivity contribution is -0.129. The number of ether oxygens (including phenoxy) is 2. The average molecular weight is 285 g/mol. The molecule has 0 aromatic heterocycles. The van der Waals surface area contributed by atoms with Gasteiger partial charge in [-0.15, -0.1) is 12.4 Å². The third kappa shape index (κ3) is 2.48. The molecule has 1 heterocycles. The third-order valence-corrected chi connectivity index (χ3v) is 3.62. The van der Waals surface area contributed by atoms with Crippen molar-refractivity contribution in [3.8, 4) is 11.5 Å². The van der Waals surface area contributed by atoms with Crippen LogP contribution >= 0.6 is 12.4 Å². The number of para-hydroxylation sites is 1. The molecule has 1 aromatic carbocycles. The van der Waals surface area contributed by atoms with E-state index in [2.05, 4.69) is 5.32 Å². The lowest BCUT2D eigenvalue weighted by atomic mass is 9.77. The molecule has 19 heavy (non-hydrogen) atoms. The first kappa shape index (κ1) is 14.0. The predicted molar refractivity (Wildman–Crippen MR) is 72.4 cm³/mol. The second-order valence-electron chi connectivity index (χ2n) is 4.84. The van der Waals surface area contributed by atoms with Crippen LogP contribution in [-0.4, -0.2) is 18.2 Å². The number of amides is 1. The van der Waals surface area contributed by atoms with Crippen molar-refractivity contribution in [1.82, 2.24) is 5.32 Å². The Morgan fingerprint density at radius 1 is 1.37 bits per heavy atom. The van der Waals surface area contributed by atoms with Gasteiger partial charge in [-0.25, -0.2) is 0 Å². The maximum Gasteiger partial charge on any atom is 0.240 e. The van der Waals surface area contributed by atoms with Crippen LogP contribution < -0.4 is 20.5 Å². The van der Waals surface area contributed by atoms with Gasteiger partial charge in [0.15, 0.2) is 11.5 Å². The maximum atomic E-state index is 11.9. The minimum Gasteiger partial charge on any atom is -0.454 e. The van der Waals surface area contributed by atoms with Crippen LogP contribution in [0.25, 0.3) is 0 Å². The van der Waals surface area contributed by atoms with E-state index in [1.54, 1.807) is 0 Å². The van der Waals surface area contributed by atoms with Crippen LogP contribution in [0.15, 0.2) is 18.2 Å². The van der Waals surface area contributed by atoms with Gasteiger partial charge in [0.2, 0.25) is 12.7 Å². The maximum absolute atomic E-state index is 11.9. The summed E-state index contributed by atoms with van der Waals surface area (Å²) in [5, 5.41) is 2.87. The molecular formula is C13H17ClN2O3. The zero-order chi connectivity index (χ0) is 12.6. The van der Waals surface area contributed by atoms with Crippen LogP contribution in [-0.2, 0) is 11.3 Å². The van der Waals surface area contributed by atoms with E-state index >= 15 is 0 Å². The molecular weight excluding hydrogens is 268 g/mol. The highest BCUT2D eigenvalue weighted by molar-refractivity contribution is 5.87. The van der Waals surface area contributed by atoms with E-state index in [9.17, 15) is 4.79 Å². The SMILES string of the molecule is Cl.NC1(C(=O)NCc2cccc3c2OCO3)CCC1. The molecule has 0 spiro atoms. The smallest absolute Gasteiger partial charge is 0.240 e. The predicted octanol–water partition coefficient (Wildman–Crippen LogP) is 1.33. The van der Waals surface area contributed by atoms with E-state index in [1.165, 1.54) is 0 Å². The van der Waals surface area contributed by atoms with Crippen LogP contribution in [0.1, 0.15) is 24.8 Å². The van der Waals surface area contributed by atoms with E-state index in [-0.39, 0.29) is 25.1 Å². The number of carbonyl (C=O) groups excluding carboxylic acids is 1. The Morgan fingerprint density at radius 3 is 2.84 bits per heavy atom. The Bertz CT molecular complexity index is 489. The van der Waals surface area contributed by atoms with Crippen molar-refractivity contribution in [3.63, 3.8) is 0 Å². The summed E-state index contributed by atoms with van der Waals surface area (Å²) in [5.41, 5.74) is 6.22. The lowest BCUT2D eigenvalue weighted by Gasteiger charge is -2.36. The van der Waals surface area contributed by atoms with Gasteiger partial charge in [0.25, 0.3) is 0 Å². The van der Waals surface area contributed by atoms with E-state index in [4.69, 9.17) is 15.2 Å². The van der Waals surface area contributed by atoms with Crippen LogP contribution in [0.5, 0.6) is 11.5 Å². The minimum absolute atomic E-state index is 0. The summed E-state index contributed by atoms with van der Waals surface area (Å²) in [6, 6.07) is 5.65. The summed E-state index contributed by atoms with van der Waals surface area (Å²) in [7, 11) is 0. The average Bonchev–Trinajstić information content (AvgIpc) is 2.81. The molecule has 6 heteroatoms. The molecule has 3 N–H and O–H groups in total. The van der Waals surface area contributed by atoms with Gasteiger partial charge in [-0.3, -0.25) is 4.79 Å². The van der Waals surface area contributed by atoms with Crippen molar-refractivity contribution in [1.29, 1.82) is 0 Å². The zero-order valence-corrected chi connectivity index (χ0v) is 11.3. The molecule has 5 nitrogen and oxygen atoms in total. The molecule has 104 valence electrons. The van der Waals surface area contributed by atoms with Gasteiger partial charge in [0.1, 0.15) is 0 Å². The highest BCUT2D eigenvalue weighted by atomic mass is 35.5. The highest BCUT2D eigenvalue weighted by Gasteiger charge is 2.39. The van der Waals surface area contributed by atoms with Crippen molar-refractivity contribution in [3.05, 3.63) is 23.8 Å². The zero-order valence-electron chi connectivity index (χ0n) is 10.5. The van der Waals surface area contributed by atoms with Crippen LogP contribution in [0.3, 0.4) is 0 Å². The molecule has 0 radical (unpaired) electrons. The number of rotatable bonds is 3. The summed E-state index contributed by atoms with van der Waals surface area (Å²) < 4.78 is 10.7. The number of nitrogens with one attached hydrogen (secondary N) is 1. The summed E-state index contributed by atoms with van der Waals surface area (Å²) >= 11 is 0. The van der Waals surface area contributed by atoms with E-state index in [0.717, 1.165) is 36.3 Å². The fraction of sp³-hybridized carbons (Fsp3) is 0.462. The van der Waals surface area contributed by atoms with E-state index in [1.807, 2.05) is 18.2 Å². The molecule has 2 aliphatic rings. The van der Waals surface area contributed by atoms with Gasteiger partial charge in [-0.2, -0.15) is 0 Å². The Morgan fingerprint density at radius 2 is 2.16 bits per heavy atom. The molecule has 0 unspecified atom stereocenters. The number of carbonyl (C=O) groups is 1. The van der Waals surface area contributed by atoms with Crippen molar-refractivity contribution in [2.45, 2.75) is 31.3 Å². The summed E-state index contributed by atoms with van der Waals surface area (Å²) in [5.74, 6) is 1.37. The van der Waals surface area contributed by atoms with Crippen LogP contribution in [0.2, 0.25) is 0 Å². The van der Waals surface area contributed by atoms with Crippen molar-refractivity contribution in [2.75, 3.05) is 6.79 Å². The number of fused-ring (bicyclic) bond motifs is 1. The number of benzene rings is 1. The van der Waals surface area contributed by atoms with Crippen molar-refractivity contribution < 1.29 is 14.3 Å². The molecule has 0 bridgehead atoms. The van der Waals surface area contributed by atoms with Gasteiger partial charge in [0.05, 0.1) is 5.54 Å². The minimum atomic E-state index is -0.657. The lowest BCUT2D eigenvalue weighted by Crippen LogP contribution is -2.58. The second kappa shape index (κ2) is 5.27. The van der Waals surface area contributed by atoms with Gasteiger partial charge >= 0.3 is 0 Å². The second-order valence-corrected chi connectivity index (χ2v) is 4.84. The Hall–Kier alpha value is -1.46. The quantitative estimate of drug-likeness (QED) is 0.878. The first-order valence-corrected chi connectivity index (χ1v) is 6.14. The number of nitrogens with two attached hydrogens (primary N) is 1. The van der Waals surface area contributed by atoms with Gasteiger partial charge in [-0.1, -0.05) is 12.1 Å². The van der Waals surface area contributed by atoms with Gasteiger partial charge in [0, 0.05) is 12.1 Å². The van der Waals surface area contributed by atoms with Gasteiger partial charge in [-0.05, 0) is 25.3 Å². The van der Waals surface area contributed by atoms with E-state index in [0.29, 0.717) is 6.54 Å². The first-order chi connectivity index (χ1) is 8.69. The Balaban J connectivity index is 0.00000133. The highest BCUT2D eigenvalue weighted by Crippen LogP contribution is 2.35. The molecule has 0 atom stereocenters. The largest absolute Gasteiger partial charge is 0.454 e. The normalized spacial score (nSPS) is 18.2. The molecule has 3 rings (SSSR count). The van der Waals surface area contributed by atoms with Gasteiger partial charge < -0.3 is 20.5 Å². The monoisotopic (exact) mass is 284 g/mol. The number of halogens is 1. The first-order valence-electron chi connectivity index (χ1n) is 6.14.